The van der Waals surface area contributed by atoms with Gasteiger partial charge in [0.2, 0.25) is 17.7 Å². The molecule has 0 rings (SSSR count). The summed E-state index contributed by atoms with van der Waals surface area (Å²) >= 11 is 3.01. The molecular weight excluding hydrogens is 470 g/mol. The molecule has 12 nitrogen and oxygen atoms in total. The van der Waals surface area contributed by atoms with Gasteiger partial charge < -0.3 is 38.3 Å². The molecule has 0 aromatic heterocycles. The van der Waals surface area contributed by atoms with Crippen LogP contribution in [-0.2, 0) is 19.2 Å². The monoisotopic (exact) mass is 507 g/mol. The molecule has 0 radical (unpaired) electrons. The van der Waals surface area contributed by atoms with Gasteiger partial charge in [0.1, 0.15) is 18.1 Å². The number of carbonyl (C=O) groups is 4. The van der Waals surface area contributed by atoms with Gasteiger partial charge in [0.05, 0.1) is 6.04 Å². The van der Waals surface area contributed by atoms with E-state index >= 15 is 0 Å². The van der Waals surface area contributed by atoms with Crippen molar-refractivity contribution in [1.29, 1.82) is 0 Å². The second-order valence-corrected chi connectivity index (χ2v) is 9.28. The van der Waals surface area contributed by atoms with E-state index in [1.54, 1.807) is 11.8 Å². The number of thioether (sulfide) groups is 2. The first-order valence-electron chi connectivity index (χ1n) is 10.5. The Morgan fingerprint density at radius 3 is 2.00 bits per heavy atom. The lowest BCUT2D eigenvalue weighted by molar-refractivity contribution is -0.142. The van der Waals surface area contributed by atoms with Gasteiger partial charge in [-0.05, 0) is 56.6 Å². The van der Waals surface area contributed by atoms with E-state index < -0.39 is 47.9 Å². The maximum atomic E-state index is 12.8. The molecule has 0 spiro atoms. The zero-order valence-electron chi connectivity index (χ0n) is 19.3. The fourth-order valence-corrected chi connectivity index (χ4v) is 3.56. The molecule has 14 heteroatoms. The minimum atomic E-state index is -1.15. The maximum Gasteiger partial charge on any atom is 0.326 e. The highest BCUT2D eigenvalue weighted by Crippen LogP contribution is 2.04. The molecule has 0 heterocycles. The van der Waals surface area contributed by atoms with Crippen LogP contribution in [0.5, 0.6) is 0 Å². The number of hydrogen-bond acceptors (Lipinski definition) is 8. The SMILES string of the molecule is CSCCC(N)C(=O)NC(CCCN=C(N)N)C(=O)NC(C)C(=O)NC(CCSC)C(=O)O. The molecule has 190 valence electrons. The molecule has 0 saturated carbocycles. The fourth-order valence-electron chi connectivity index (χ4n) is 2.60. The second-order valence-electron chi connectivity index (χ2n) is 7.31. The van der Waals surface area contributed by atoms with Crippen LogP contribution >= 0.6 is 23.5 Å². The van der Waals surface area contributed by atoms with Crippen molar-refractivity contribution < 1.29 is 24.3 Å². The summed E-state index contributed by atoms with van der Waals surface area (Å²) in [5.74, 6) is -1.71. The number of carboxylic acids is 1. The first kappa shape index (κ1) is 30.8. The van der Waals surface area contributed by atoms with Crippen LogP contribution in [0.4, 0.5) is 0 Å². The number of nitrogens with two attached hydrogens (primary N) is 3. The van der Waals surface area contributed by atoms with E-state index in [0.29, 0.717) is 24.3 Å². The molecule has 10 N–H and O–H groups in total. The van der Waals surface area contributed by atoms with Crippen LogP contribution in [-0.4, -0.2) is 89.5 Å². The van der Waals surface area contributed by atoms with Gasteiger partial charge in [-0.1, -0.05) is 0 Å². The quantitative estimate of drug-likeness (QED) is 0.0682. The highest BCUT2D eigenvalue weighted by atomic mass is 32.2. The number of nitrogens with one attached hydrogen (secondary N) is 3. The van der Waals surface area contributed by atoms with E-state index in [1.165, 1.54) is 18.7 Å². The van der Waals surface area contributed by atoms with Gasteiger partial charge in [-0.3, -0.25) is 19.4 Å². The molecule has 0 fully saturated rings. The smallest absolute Gasteiger partial charge is 0.326 e. The Bertz CT molecular complexity index is 677. The molecule has 0 aromatic carbocycles. The van der Waals surface area contributed by atoms with Crippen LogP contribution in [0.3, 0.4) is 0 Å². The van der Waals surface area contributed by atoms with Crippen LogP contribution in [0.2, 0.25) is 0 Å². The molecule has 0 aromatic rings. The molecule has 0 bridgehead atoms. The summed E-state index contributed by atoms with van der Waals surface area (Å²) in [6, 6.07) is -3.82. The van der Waals surface area contributed by atoms with E-state index in [9.17, 15) is 24.3 Å². The summed E-state index contributed by atoms with van der Waals surface area (Å²) in [7, 11) is 0. The Balaban J connectivity index is 5.11. The molecule has 4 unspecified atom stereocenters. The highest BCUT2D eigenvalue weighted by Gasteiger charge is 2.28. The van der Waals surface area contributed by atoms with Crippen molar-refractivity contribution in [2.45, 2.75) is 56.8 Å². The Hall–Kier alpha value is -2.19. The summed E-state index contributed by atoms with van der Waals surface area (Å²) < 4.78 is 0. The second kappa shape index (κ2) is 17.3. The average molecular weight is 508 g/mol. The number of aliphatic imine (C=N–C) groups is 1. The summed E-state index contributed by atoms with van der Waals surface area (Å²) in [6.45, 7) is 1.69. The van der Waals surface area contributed by atoms with Gasteiger partial charge in [-0.2, -0.15) is 23.5 Å². The van der Waals surface area contributed by atoms with Gasteiger partial charge in [0.15, 0.2) is 5.96 Å². The van der Waals surface area contributed by atoms with Crippen molar-refractivity contribution >= 4 is 53.2 Å². The van der Waals surface area contributed by atoms with E-state index in [1.807, 2.05) is 12.5 Å². The number of guanidine groups is 1. The number of carbonyl (C=O) groups excluding carboxylic acids is 3. The Morgan fingerprint density at radius 1 is 0.879 bits per heavy atom. The lowest BCUT2D eigenvalue weighted by Crippen LogP contribution is -2.56. The largest absolute Gasteiger partial charge is 0.480 e. The minimum Gasteiger partial charge on any atom is -0.480 e. The van der Waals surface area contributed by atoms with Crippen molar-refractivity contribution in [1.82, 2.24) is 16.0 Å². The molecule has 0 aliphatic heterocycles. The number of rotatable bonds is 17. The van der Waals surface area contributed by atoms with Crippen LogP contribution < -0.4 is 33.2 Å². The van der Waals surface area contributed by atoms with E-state index in [-0.39, 0.29) is 25.3 Å². The van der Waals surface area contributed by atoms with Gasteiger partial charge in [0, 0.05) is 6.54 Å². The van der Waals surface area contributed by atoms with Crippen molar-refractivity contribution in [3.63, 3.8) is 0 Å². The van der Waals surface area contributed by atoms with Crippen LogP contribution in [0, 0.1) is 0 Å². The first-order chi connectivity index (χ1) is 15.5. The van der Waals surface area contributed by atoms with Crippen molar-refractivity contribution in [2.75, 3.05) is 30.6 Å². The normalized spacial score (nSPS) is 14.3. The molecule has 0 saturated heterocycles. The summed E-state index contributed by atoms with van der Waals surface area (Å²) in [5, 5.41) is 16.8. The van der Waals surface area contributed by atoms with Crippen molar-refractivity contribution in [3.05, 3.63) is 0 Å². The number of carboxylic acid groups (broad SMARTS) is 1. The number of aliphatic carboxylic acids is 1. The number of nitrogens with zero attached hydrogens (tertiary/aromatic N) is 1. The predicted molar refractivity (Wildman–Crippen MR) is 133 cm³/mol. The maximum absolute atomic E-state index is 12.8. The average Bonchev–Trinajstić information content (AvgIpc) is 2.75. The zero-order chi connectivity index (χ0) is 25.4. The van der Waals surface area contributed by atoms with Crippen molar-refractivity contribution in [3.8, 4) is 0 Å². The third-order valence-corrected chi connectivity index (χ3v) is 5.81. The van der Waals surface area contributed by atoms with Gasteiger partial charge in [0.25, 0.3) is 0 Å². The number of amides is 3. The number of hydrogen-bond donors (Lipinski definition) is 7. The molecule has 0 aliphatic carbocycles. The predicted octanol–water partition coefficient (Wildman–Crippen LogP) is -1.57. The molecule has 4 atom stereocenters. The van der Waals surface area contributed by atoms with Crippen LogP contribution in [0.15, 0.2) is 4.99 Å². The van der Waals surface area contributed by atoms with Crippen molar-refractivity contribution in [2.24, 2.45) is 22.2 Å². The third kappa shape index (κ3) is 13.8. The summed E-state index contributed by atoms with van der Waals surface area (Å²) in [6.07, 6.45) is 5.03. The Morgan fingerprint density at radius 2 is 1.45 bits per heavy atom. The summed E-state index contributed by atoms with van der Waals surface area (Å²) in [4.78, 5) is 52.8. The van der Waals surface area contributed by atoms with Crippen LogP contribution in [0.25, 0.3) is 0 Å². The van der Waals surface area contributed by atoms with Gasteiger partial charge >= 0.3 is 5.97 Å². The highest BCUT2D eigenvalue weighted by molar-refractivity contribution is 7.98. The van der Waals surface area contributed by atoms with Gasteiger partial charge in [-0.25, -0.2) is 4.79 Å². The van der Waals surface area contributed by atoms with E-state index in [2.05, 4.69) is 20.9 Å². The minimum absolute atomic E-state index is 0.0844. The third-order valence-electron chi connectivity index (χ3n) is 4.53. The Labute approximate surface area is 203 Å². The topological polar surface area (TPSA) is 215 Å². The fraction of sp³-hybridized carbons (Fsp3) is 0.737. The van der Waals surface area contributed by atoms with E-state index in [0.717, 1.165) is 0 Å². The lowest BCUT2D eigenvalue weighted by atomic mass is 10.1. The lowest BCUT2D eigenvalue weighted by Gasteiger charge is -2.23. The molecule has 0 aliphatic rings. The first-order valence-corrected chi connectivity index (χ1v) is 13.2. The standard InChI is InChI=1S/C19H37N7O5S2/c1-11(15(27)26-14(18(30)31)7-10-33-3)24-17(29)13(5-4-8-23-19(21)22)25-16(28)12(20)6-9-32-2/h11-14H,4-10,20H2,1-3H3,(H,24,29)(H,25,28)(H,26,27)(H,30,31)(H4,21,22,23). The Kier molecular flexibility index (Phi) is 16.2. The zero-order valence-corrected chi connectivity index (χ0v) is 21.0. The van der Waals surface area contributed by atoms with E-state index in [4.69, 9.17) is 17.2 Å². The molecule has 3 amide bonds. The van der Waals surface area contributed by atoms with Gasteiger partial charge in [-0.15, -0.1) is 0 Å². The molecular formula is C19H37N7O5S2. The molecule has 33 heavy (non-hydrogen) atoms. The van der Waals surface area contributed by atoms with Crippen LogP contribution in [0.1, 0.15) is 32.6 Å². The summed E-state index contributed by atoms with van der Waals surface area (Å²) in [5.41, 5.74) is 16.5.